The van der Waals surface area contributed by atoms with E-state index in [1.165, 1.54) is 36.0 Å². The van der Waals surface area contributed by atoms with E-state index in [1.807, 2.05) is 6.07 Å². The Morgan fingerprint density at radius 3 is 1.67 bits per heavy atom. The van der Waals surface area contributed by atoms with E-state index in [4.69, 9.17) is 0 Å². The monoisotopic (exact) mass is 436 g/mol. The summed E-state index contributed by atoms with van der Waals surface area (Å²) >= 11 is 0. The van der Waals surface area contributed by atoms with Crippen molar-refractivity contribution in [2.75, 3.05) is 0 Å². The number of aromatic nitrogens is 2. The second-order valence-corrected chi connectivity index (χ2v) is 9.85. The molecule has 0 saturated heterocycles. The summed E-state index contributed by atoms with van der Waals surface area (Å²) in [6.45, 7) is 7.31. The molecule has 0 spiro atoms. The normalized spacial score (nSPS) is 21.8. The van der Waals surface area contributed by atoms with Gasteiger partial charge in [0.05, 0.1) is 0 Å². The fourth-order valence-electron chi connectivity index (χ4n) is 5.87. The summed E-state index contributed by atoms with van der Waals surface area (Å²) in [5.74, 6) is 1.43. The molecule has 3 aromatic carbocycles. The smallest absolute Gasteiger partial charge is 0.0487 e. The molecule has 170 valence electrons. The third-order valence-electron chi connectivity index (χ3n) is 7.82. The number of H-pyrrole nitrogens is 1. The zero-order valence-corrected chi connectivity index (χ0v) is 20.1. The molecule has 1 aromatic heterocycles. The maximum Gasteiger partial charge on any atom is 0.0487 e. The summed E-state index contributed by atoms with van der Waals surface area (Å²) < 4.78 is 0. The molecule has 0 bridgehead atoms. The Morgan fingerprint density at radius 1 is 0.758 bits per heavy atom. The Hall–Kier alpha value is -3.13. The number of rotatable bonds is 4. The minimum Gasteiger partial charge on any atom is -0.286 e. The Balaban J connectivity index is 0.000000459. The number of nitrogens with zero attached hydrogens (tertiary/aromatic N) is 1. The zero-order chi connectivity index (χ0) is 23.2. The summed E-state index contributed by atoms with van der Waals surface area (Å²) in [6.07, 6.45) is 7.16. The average molecular weight is 437 g/mol. The largest absolute Gasteiger partial charge is 0.286 e. The molecule has 1 N–H and O–H groups in total. The molecule has 33 heavy (non-hydrogen) atoms. The van der Waals surface area contributed by atoms with E-state index in [-0.39, 0.29) is 10.8 Å². The Bertz CT molecular complexity index is 1020. The molecule has 2 unspecified atom stereocenters. The van der Waals surface area contributed by atoms with E-state index in [1.54, 1.807) is 12.4 Å². The van der Waals surface area contributed by atoms with Gasteiger partial charge in [0.15, 0.2) is 0 Å². The fraction of sp³-hybridized carbons (Fsp3) is 0.323. The lowest BCUT2D eigenvalue weighted by atomic mass is 9.47. The molecular weight excluding hydrogens is 400 g/mol. The van der Waals surface area contributed by atoms with Gasteiger partial charge in [0, 0.05) is 23.2 Å². The lowest BCUT2D eigenvalue weighted by molar-refractivity contribution is 0.117. The highest BCUT2D eigenvalue weighted by Crippen LogP contribution is 2.59. The first-order valence-corrected chi connectivity index (χ1v) is 12.2. The first-order valence-electron chi connectivity index (χ1n) is 12.2. The minimum atomic E-state index is -0.0237. The zero-order valence-electron chi connectivity index (χ0n) is 20.1. The molecule has 1 heterocycles. The summed E-state index contributed by atoms with van der Waals surface area (Å²) in [5.41, 5.74) is 4.41. The van der Waals surface area contributed by atoms with Crippen LogP contribution in [0.5, 0.6) is 0 Å². The second kappa shape index (κ2) is 10.2. The molecule has 4 aromatic rings. The van der Waals surface area contributed by atoms with Gasteiger partial charge in [-0.25, -0.2) is 0 Å². The fourth-order valence-corrected chi connectivity index (χ4v) is 5.87. The third-order valence-corrected chi connectivity index (χ3v) is 7.82. The molecular formula is C31H36N2. The highest BCUT2D eigenvalue weighted by atomic mass is 15.1. The predicted octanol–water partition coefficient (Wildman–Crippen LogP) is 7.80. The highest BCUT2D eigenvalue weighted by molar-refractivity contribution is 5.49. The Kier molecular flexibility index (Phi) is 7.13. The van der Waals surface area contributed by atoms with Gasteiger partial charge < -0.3 is 0 Å². The van der Waals surface area contributed by atoms with Crippen molar-refractivity contribution in [2.24, 2.45) is 11.8 Å². The number of aromatic amines is 1. The van der Waals surface area contributed by atoms with Gasteiger partial charge >= 0.3 is 0 Å². The molecule has 2 nitrogen and oxygen atoms in total. The van der Waals surface area contributed by atoms with Crippen LogP contribution in [0.25, 0.3) is 0 Å². The number of nitrogens with one attached hydrogen (secondary N) is 1. The van der Waals surface area contributed by atoms with E-state index >= 15 is 0 Å². The van der Waals surface area contributed by atoms with Crippen LogP contribution in [0, 0.1) is 11.8 Å². The van der Waals surface area contributed by atoms with E-state index in [2.05, 4.69) is 122 Å². The van der Waals surface area contributed by atoms with Crippen LogP contribution in [0.3, 0.4) is 0 Å². The van der Waals surface area contributed by atoms with Gasteiger partial charge in [-0.05, 0) is 53.9 Å². The van der Waals surface area contributed by atoms with Gasteiger partial charge in [-0.2, -0.15) is 5.10 Å². The van der Waals surface area contributed by atoms with Gasteiger partial charge in [0.1, 0.15) is 0 Å². The Labute approximate surface area is 199 Å². The van der Waals surface area contributed by atoms with Gasteiger partial charge in [-0.15, -0.1) is 0 Å². The van der Waals surface area contributed by atoms with Crippen LogP contribution in [-0.4, -0.2) is 10.2 Å². The molecule has 1 aliphatic carbocycles. The van der Waals surface area contributed by atoms with Crippen molar-refractivity contribution in [1.29, 1.82) is 0 Å². The standard InChI is InChI=1S/C28H32.C3H4N2/c1-22(2)23-19-20-27(3,24-13-7-4-8-14-24)28(21-23,25-15-9-5-10-16-25)26-17-11-6-12-18-26;1-2-4-5-3-1/h4-18,22-23H,19-21H2,1-3H3;1-3H,(H,4,5). The summed E-state index contributed by atoms with van der Waals surface area (Å²) in [4.78, 5) is 0. The highest BCUT2D eigenvalue weighted by Gasteiger charge is 2.54. The molecule has 0 aliphatic heterocycles. The third kappa shape index (κ3) is 4.53. The van der Waals surface area contributed by atoms with Crippen molar-refractivity contribution >= 4 is 0 Å². The summed E-state index contributed by atoms with van der Waals surface area (Å²) in [5, 5.41) is 6.21. The molecule has 1 saturated carbocycles. The van der Waals surface area contributed by atoms with Crippen LogP contribution in [0.4, 0.5) is 0 Å². The molecule has 2 atom stereocenters. The molecule has 5 rings (SSSR count). The summed E-state index contributed by atoms with van der Waals surface area (Å²) in [6, 6.07) is 35.6. The molecule has 0 radical (unpaired) electrons. The average Bonchev–Trinajstić information content (AvgIpc) is 3.46. The van der Waals surface area contributed by atoms with Crippen LogP contribution >= 0.6 is 0 Å². The SMILES string of the molecule is CC(C)C1CCC(C)(c2ccccc2)C(c2ccccc2)(c2ccccc2)C1.c1cn[nH]c1. The van der Waals surface area contributed by atoms with E-state index in [0.29, 0.717) is 5.92 Å². The van der Waals surface area contributed by atoms with E-state index in [0.717, 1.165) is 5.92 Å². The van der Waals surface area contributed by atoms with Crippen molar-refractivity contribution in [3.05, 3.63) is 126 Å². The van der Waals surface area contributed by atoms with Gasteiger partial charge in [0.25, 0.3) is 0 Å². The molecule has 2 heteroatoms. The van der Waals surface area contributed by atoms with Crippen LogP contribution in [0.1, 0.15) is 56.7 Å². The predicted molar refractivity (Wildman–Crippen MR) is 138 cm³/mol. The lowest BCUT2D eigenvalue weighted by Gasteiger charge is -2.56. The van der Waals surface area contributed by atoms with Crippen LogP contribution < -0.4 is 0 Å². The minimum absolute atomic E-state index is 0.0237. The van der Waals surface area contributed by atoms with Crippen molar-refractivity contribution < 1.29 is 0 Å². The molecule has 1 fully saturated rings. The number of benzene rings is 3. The maximum atomic E-state index is 3.60. The number of hydrogen-bond donors (Lipinski definition) is 1. The van der Waals surface area contributed by atoms with Crippen molar-refractivity contribution in [1.82, 2.24) is 10.2 Å². The quantitative estimate of drug-likeness (QED) is 0.347. The second-order valence-electron chi connectivity index (χ2n) is 9.85. The van der Waals surface area contributed by atoms with Crippen molar-refractivity contribution in [3.63, 3.8) is 0 Å². The first kappa shape index (κ1) is 23.0. The molecule has 0 amide bonds. The lowest BCUT2D eigenvalue weighted by Crippen LogP contribution is -2.53. The topological polar surface area (TPSA) is 28.7 Å². The van der Waals surface area contributed by atoms with Crippen LogP contribution in [0.2, 0.25) is 0 Å². The van der Waals surface area contributed by atoms with E-state index < -0.39 is 0 Å². The number of hydrogen-bond acceptors (Lipinski definition) is 1. The summed E-state index contributed by atoms with van der Waals surface area (Å²) in [7, 11) is 0. The van der Waals surface area contributed by atoms with Gasteiger partial charge in [-0.1, -0.05) is 112 Å². The van der Waals surface area contributed by atoms with Crippen molar-refractivity contribution in [2.45, 2.75) is 50.9 Å². The molecule has 1 aliphatic rings. The van der Waals surface area contributed by atoms with Crippen LogP contribution in [-0.2, 0) is 10.8 Å². The first-order chi connectivity index (χ1) is 16.1. The van der Waals surface area contributed by atoms with Gasteiger partial charge in [0.2, 0.25) is 0 Å². The van der Waals surface area contributed by atoms with Gasteiger partial charge in [-0.3, -0.25) is 5.10 Å². The van der Waals surface area contributed by atoms with E-state index in [9.17, 15) is 0 Å². The van der Waals surface area contributed by atoms with Crippen LogP contribution in [0.15, 0.2) is 109 Å². The Morgan fingerprint density at radius 2 is 1.27 bits per heavy atom. The van der Waals surface area contributed by atoms with Crippen molar-refractivity contribution in [3.8, 4) is 0 Å². The maximum absolute atomic E-state index is 3.60.